The van der Waals surface area contributed by atoms with Gasteiger partial charge in [0.1, 0.15) is 6.61 Å². The Morgan fingerprint density at radius 3 is 2.45 bits per heavy atom. The maximum absolute atomic E-state index is 13.9. The van der Waals surface area contributed by atoms with Crippen molar-refractivity contribution in [3.05, 3.63) is 102 Å². The highest BCUT2D eigenvalue weighted by atomic mass is 35.5. The molecule has 3 fully saturated rings. The normalized spacial score (nSPS) is 28.2. The molecule has 2 bridgehead atoms. The van der Waals surface area contributed by atoms with Crippen LogP contribution in [0.4, 0.5) is 5.69 Å². The molecule has 0 unspecified atom stereocenters. The quantitative estimate of drug-likeness (QED) is 0.223. The molecule has 1 aromatic heterocycles. The van der Waals surface area contributed by atoms with Crippen molar-refractivity contribution >= 4 is 63.8 Å². The van der Waals surface area contributed by atoms with Gasteiger partial charge in [-0.2, -0.15) is 0 Å². The van der Waals surface area contributed by atoms with E-state index in [1.165, 1.54) is 16.2 Å². The van der Waals surface area contributed by atoms with Crippen LogP contribution in [-0.4, -0.2) is 29.2 Å². The molecule has 4 aliphatic rings. The average Bonchev–Trinajstić information content (AvgIpc) is 3.76. The topological polar surface area (TPSA) is 88.7 Å². The number of halogens is 2. The van der Waals surface area contributed by atoms with Gasteiger partial charge in [0.15, 0.2) is 11.5 Å². The van der Waals surface area contributed by atoms with Crippen molar-refractivity contribution < 1.29 is 19.1 Å². The van der Waals surface area contributed by atoms with Crippen LogP contribution in [0.25, 0.3) is 0 Å². The van der Waals surface area contributed by atoms with E-state index < -0.39 is 0 Å². The molecule has 2 saturated carbocycles. The smallest absolute Gasteiger partial charge is 0.305 e. The highest BCUT2D eigenvalue weighted by Crippen LogP contribution is 2.68. The minimum absolute atomic E-state index is 0.0250. The van der Waals surface area contributed by atoms with Crippen molar-refractivity contribution in [3.63, 3.8) is 0 Å². The number of carbonyl (C=O) groups excluding carboxylic acids is 2. The molecule has 0 spiro atoms. The van der Waals surface area contributed by atoms with Crippen LogP contribution in [0.2, 0.25) is 10.0 Å². The number of rotatable bonds is 6. The maximum Gasteiger partial charge on any atom is 0.305 e. The lowest BCUT2D eigenvalue weighted by atomic mass is 9.68. The number of nitrogens with zero attached hydrogens (tertiary/aromatic N) is 1. The Balaban J connectivity index is 1.15. The van der Waals surface area contributed by atoms with E-state index in [1.807, 2.05) is 54.6 Å². The standard InChI is InChI=1S/C33H26Cl2N2O5S2/c1-41-23-11-15(8-10-22(23)42-14-16-7-9-17(34)12-21(16)35)24-25-19-13-20(28(25)43-30-29(24)44-33(40)36-30)27-26(19)31(38)37(32(27)39)18-5-3-2-4-6-18/h2-12,19-20,24-28H,13-14H2,1H3,(H,36,40)/t19-,20-,24+,25+,26+,27+,28-/m1/s1. The molecule has 0 radical (unpaired) electrons. The summed E-state index contributed by atoms with van der Waals surface area (Å²) in [5.74, 6) is 0.279. The van der Waals surface area contributed by atoms with Crippen LogP contribution in [0.1, 0.15) is 28.3 Å². The third-order valence-corrected chi connectivity index (χ3v) is 12.9. The SMILES string of the molecule is COc1cc([C@@H]2c3sc(=O)[nH]c3S[C@@H]3[C@@H]4C[C@@H]([C@@H]5C(=O)N(c6ccccc6)C(=O)[C@@H]45)[C@@H]23)ccc1OCc1ccc(Cl)cc1Cl. The van der Waals surface area contributed by atoms with Gasteiger partial charge in [-0.1, -0.05) is 64.9 Å². The number of aromatic nitrogens is 1. The number of hydrogen-bond acceptors (Lipinski definition) is 7. The molecule has 7 atom stereocenters. The van der Waals surface area contributed by atoms with Gasteiger partial charge in [0.05, 0.1) is 29.7 Å². The third kappa shape index (κ3) is 4.27. The number of thioether (sulfide) groups is 1. The first-order chi connectivity index (χ1) is 21.3. The molecular weight excluding hydrogens is 639 g/mol. The van der Waals surface area contributed by atoms with E-state index in [-0.39, 0.29) is 64.1 Å². The molecule has 7 nitrogen and oxygen atoms in total. The second-order valence-electron chi connectivity index (χ2n) is 11.7. The number of H-pyrrole nitrogens is 1. The van der Waals surface area contributed by atoms with Gasteiger partial charge >= 0.3 is 4.87 Å². The van der Waals surface area contributed by atoms with E-state index in [0.29, 0.717) is 27.2 Å². The molecule has 11 heteroatoms. The van der Waals surface area contributed by atoms with Crippen molar-refractivity contribution in [3.8, 4) is 11.5 Å². The van der Waals surface area contributed by atoms with Crippen molar-refractivity contribution in [1.29, 1.82) is 0 Å². The maximum atomic E-state index is 13.9. The number of thiazole rings is 1. The molecule has 3 heterocycles. The Morgan fingerprint density at radius 2 is 1.70 bits per heavy atom. The van der Waals surface area contributed by atoms with Gasteiger partial charge in [-0.25, -0.2) is 0 Å². The summed E-state index contributed by atoms with van der Waals surface area (Å²) in [6, 6.07) is 20.4. The van der Waals surface area contributed by atoms with Crippen molar-refractivity contribution in [2.45, 2.75) is 29.2 Å². The van der Waals surface area contributed by atoms with E-state index in [4.69, 9.17) is 32.7 Å². The van der Waals surface area contributed by atoms with E-state index in [1.54, 1.807) is 31.0 Å². The summed E-state index contributed by atoms with van der Waals surface area (Å²) >= 11 is 15.3. The predicted molar refractivity (Wildman–Crippen MR) is 171 cm³/mol. The number of para-hydroxylation sites is 1. The number of amides is 2. The largest absolute Gasteiger partial charge is 0.493 e. The number of carbonyl (C=O) groups is 2. The molecule has 4 aromatic rings. The summed E-state index contributed by atoms with van der Waals surface area (Å²) < 4.78 is 11.9. The molecule has 2 amide bonds. The third-order valence-electron chi connectivity index (χ3n) is 9.68. The number of anilines is 1. The van der Waals surface area contributed by atoms with Gasteiger partial charge in [0.2, 0.25) is 11.8 Å². The number of hydrogen-bond donors (Lipinski definition) is 1. The molecule has 2 aliphatic carbocycles. The fraction of sp³-hybridized carbons (Fsp3) is 0.303. The van der Waals surface area contributed by atoms with Crippen LogP contribution < -0.4 is 19.2 Å². The van der Waals surface area contributed by atoms with Crippen molar-refractivity contribution in [1.82, 2.24) is 4.98 Å². The highest BCUT2D eigenvalue weighted by molar-refractivity contribution is 8.00. The molecule has 2 aliphatic heterocycles. The monoisotopic (exact) mass is 664 g/mol. The van der Waals surface area contributed by atoms with E-state index in [0.717, 1.165) is 27.5 Å². The van der Waals surface area contributed by atoms with Gasteiger partial charge < -0.3 is 14.5 Å². The summed E-state index contributed by atoms with van der Waals surface area (Å²) in [5, 5.41) is 2.04. The van der Waals surface area contributed by atoms with Crippen LogP contribution in [0, 0.1) is 29.6 Å². The zero-order valence-electron chi connectivity index (χ0n) is 23.4. The Kier molecular flexibility index (Phi) is 6.86. The lowest BCUT2D eigenvalue weighted by Crippen LogP contribution is -2.42. The fourth-order valence-corrected chi connectivity index (χ4v) is 11.4. The zero-order chi connectivity index (χ0) is 30.3. The second-order valence-corrected chi connectivity index (χ2v) is 14.8. The van der Waals surface area contributed by atoms with Gasteiger partial charge in [-0.15, -0.1) is 11.8 Å². The number of ether oxygens (including phenoxy) is 2. The molecule has 224 valence electrons. The molecule has 1 N–H and O–H groups in total. The number of aromatic amines is 1. The first-order valence-corrected chi connectivity index (χ1v) is 16.9. The molecule has 3 aromatic carbocycles. The molecule has 1 saturated heterocycles. The van der Waals surface area contributed by atoms with Gasteiger partial charge in [0, 0.05) is 31.7 Å². The van der Waals surface area contributed by atoms with Crippen LogP contribution in [0.5, 0.6) is 11.5 Å². The minimum atomic E-state index is -0.358. The van der Waals surface area contributed by atoms with E-state index in [9.17, 15) is 14.4 Å². The highest BCUT2D eigenvalue weighted by Gasteiger charge is 2.69. The van der Waals surface area contributed by atoms with Crippen LogP contribution in [0.3, 0.4) is 0 Å². The summed E-state index contributed by atoms with van der Waals surface area (Å²) in [7, 11) is 1.60. The molecular formula is C33H26Cl2N2O5S2. The first-order valence-electron chi connectivity index (χ1n) is 14.4. The van der Waals surface area contributed by atoms with E-state index in [2.05, 4.69) is 4.98 Å². The number of benzene rings is 3. The molecule has 44 heavy (non-hydrogen) atoms. The van der Waals surface area contributed by atoms with Gasteiger partial charge in [-0.3, -0.25) is 19.3 Å². The van der Waals surface area contributed by atoms with Crippen molar-refractivity contribution in [2.75, 3.05) is 12.0 Å². The Labute approximate surface area is 271 Å². The van der Waals surface area contributed by atoms with Crippen LogP contribution in [-0.2, 0) is 16.2 Å². The second kappa shape index (κ2) is 10.7. The lowest BCUT2D eigenvalue weighted by molar-refractivity contribution is -0.123. The Hall–Kier alpha value is -3.24. The van der Waals surface area contributed by atoms with E-state index >= 15 is 0 Å². The summed E-state index contributed by atoms with van der Waals surface area (Å²) in [5.41, 5.74) is 2.42. The summed E-state index contributed by atoms with van der Waals surface area (Å²) in [6.07, 6.45) is 0.827. The zero-order valence-corrected chi connectivity index (χ0v) is 26.5. The van der Waals surface area contributed by atoms with Gasteiger partial charge in [-0.05, 0) is 66.1 Å². The predicted octanol–water partition coefficient (Wildman–Crippen LogP) is 7.01. The number of methoxy groups -OCH3 is 1. The lowest BCUT2D eigenvalue weighted by Gasteiger charge is -2.43. The molecule has 8 rings (SSSR count). The summed E-state index contributed by atoms with van der Waals surface area (Å²) in [6.45, 7) is 0.237. The van der Waals surface area contributed by atoms with Crippen molar-refractivity contribution in [2.24, 2.45) is 29.6 Å². The average molecular weight is 666 g/mol. The van der Waals surface area contributed by atoms with Crippen LogP contribution >= 0.6 is 46.3 Å². The summed E-state index contributed by atoms with van der Waals surface area (Å²) in [4.78, 5) is 45.7. The Bertz CT molecular complexity index is 1880. The van der Waals surface area contributed by atoms with Crippen LogP contribution in [0.15, 0.2) is 76.6 Å². The Morgan fingerprint density at radius 1 is 0.932 bits per heavy atom. The van der Waals surface area contributed by atoms with Gasteiger partial charge in [0.25, 0.3) is 0 Å². The number of imide groups is 1. The number of nitrogens with one attached hydrogen (secondary N) is 1. The minimum Gasteiger partial charge on any atom is -0.493 e. The number of fused-ring (bicyclic) bond motifs is 9. The first kappa shape index (κ1) is 28.2. The fourth-order valence-electron chi connectivity index (χ4n) is 8.01.